The van der Waals surface area contributed by atoms with E-state index in [1.165, 1.54) is 22.9 Å². The first-order valence-corrected chi connectivity index (χ1v) is 8.96. The summed E-state index contributed by atoms with van der Waals surface area (Å²) in [6, 6.07) is 5.81. The highest BCUT2D eigenvalue weighted by atomic mass is 19.4. The van der Waals surface area contributed by atoms with Crippen LogP contribution in [0.1, 0.15) is 34.6 Å². The van der Waals surface area contributed by atoms with Gasteiger partial charge in [0.25, 0.3) is 5.91 Å². The summed E-state index contributed by atoms with van der Waals surface area (Å²) in [7, 11) is 1.78. The van der Waals surface area contributed by atoms with Crippen LogP contribution in [-0.2, 0) is 6.18 Å². The number of amides is 1. The molecule has 1 unspecified atom stereocenters. The molecule has 1 amide bonds. The Balaban J connectivity index is 2.02. The van der Waals surface area contributed by atoms with E-state index in [2.05, 4.69) is 10.4 Å². The van der Waals surface area contributed by atoms with Gasteiger partial charge in [-0.15, -0.1) is 0 Å². The van der Waals surface area contributed by atoms with Crippen molar-refractivity contribution in [2.45, 2.75) is 32.0 Å². The van der Waals surface area contributed by atoms with Crippen LogP contribution in [0.5, 0.6) is 0 Å². The van der Waals surface area contributed by atoms with Gasteiger partial charge in [0.1, 0.15) is 0 Å². The van der Waals surface area contributed by atoms with Crippen molar-refractivity contribution in [3.05, 3.63) is 57.5 Å². The highest BCUT2D eigenvalue weighted by molar-refractivity contribution is 5.92. The minimum absolute atomic E-state index is 0.0398. The number of halogens is 3. The summed E-state index contributed by atoms with van der Waals surface area (Å²) in [6.45, 7) is 2.67. The van der Waals surface area contributed by atoms with Crippen molar-refractivity contribution < 1.29 is 18.0 Å². The summed E-state index contributed by atoms with van der Waals surface area (Å²) in [5.41, 5.74) is -1.18. The van der Waals surface area contributed by atoms with Crippen LogP contribution in [0.4, 0.5) is 13.2 Å². The highest BCUT2D eigenvalue weighted by Gasteiger charge is 2.32. The van der Waals surface area contributed by atoms with Crippen molar-refractivity contribution in [3.63, 3.8) is 0 Å². The first-order chi connectivity index (χ1) is 13.2. The van der Waals surface area contributed by atoms with Gasteiger partial charge < -0.3 is 10.2 Å². The normalized spacial score (nSPS) is 17.2. The molecule has 0 radical (unpaired) electrons. The van der Waals surface area contributed by atoms with Gasteiger partial charge in [0.2, 0.25) is 5.43 Å². The summed E-state index contributed by atoms with van der Waals surface area (Å²) in [5.74, 6) is -0.497. The van der Waals surface area contributed by atoms with E-state index in [4.69, 9.17) is 0 Å². The average molecular weight is 394 g/mol. The molecule has 0 spiro atoms. The van der Waals surface area contributed by atoms with Gasteiger partial charge in [0, 0.05) is 30.9 Å². The predicted octanol–water partition coefficient (Wildman–Crippen LogP) is 2.38. The molecule has 1 aliphatic heterocycles. The number of hydrogen-bond acceptors (Lipinski definition) is 4. The molecule has 3 rings (SSSR count). The minimum Gasteiger partial charge on any atom is -0.333 e. The maximum absolute atomic E-state index is 13.0. The Morgan fingerprint density at radius 3 is 2.75 bits per heavy atom. The molecule has 1 saturated heterocycles. The lowest BCUT2D eigenvalue weighted by atomic mass is 10.2. The van der Waals surface area contributed by atoms with Crippen LogP contribution in [0.2, 0.25) is 0 Å². The molecule has 1 fully saturated rings. The minimum atomic E-state index is -4.50. The molecule has 1 aromatic heterocycles. The fraction of sp³-hybridized carbons (Fsp3) is 0.421. The number of nitrogens with zero attached hydrogens (tertiary/aromatic N) is 3. The van der Waals surface area contributed by atoms with Crippen molar-refractivity contribution >= 4 is 5.91 Å². The molecule has 2 heterocycles. The molecule has 28 heavy (non-hydrogen) atoms. The smallest absolute Gasteiger partial charge is 0.333 e. The molecule has 0 bridgehead atoms. The van der Waals surface area contributed by atoms with Crippen LogP contribution in [0.15, 0.2) is 35.1 Å². The quantitative estimate of drug-likeness (QED) is 0.865. The van der Waals surface area contributed by atoms with E-state index in [1.807, 2.05) is 0 Å². The Bertz CT molecular complexity index is 940. The molecular formula is C19H21F3N4O2. The Morgan fingerprint density at radius 1 is 1.32 bits per heavy atom. The Kier molecular flexibility index (Phi) is 5.55. The van der Waals surface area contributed by atoms with Crippen molar-refractivity contribution in [2.75, 3.05) is 20.1 Å². The number of aryl methyl sites for hydroxylation is 1. The number of alkyl halides is 3. The first-order valence-electron chi connectivity index (χ1n) is 8.96. The van der Waals surface area contributed by atoms with Crippen molar-refractivity contribution in [3.8, 4) is 5.69 Å². The van der Waals surface area contributed by atoms with Crippen LogP contribution in [0.3, 0.4) is 0 Å². The molecule has 1 aliphatic rings. The van der Waals surface area contributed by atoms with Crippen LogP contribution in [0, 0.1) is 6.92 Å². The fourth-order valence-corrected chi connectivity index (χ4v) is 3.46. The topological polar surface area (TPSA) is 67.2 Å². The lowest BCUT2D eigenvalue weighted by molar-refractivity contribution is -0.137. The zero-order valence-electron chi connectivity index (χ0n) is 15.6. The van der Waals surface area contributed by atoms with E-state index in [9.17, 15) is 22.8 Å². The predicted molar refractivity (Wildman–Crippen MR) is 97.6 cm³/mol. The van der Waals surface area contributed by atoms with E-state index in [0.29, 0.717) is 18.8 Å². The van der Waals surface area contributed by atoms with Gasteiger partial charge in [-0.05, 0) is 45.0 Å². The van der Waals surface area contributed by atoms with Gasteiger partial charge in [-0.25, -0.2) is 4.68 Å². The first kappa shape index (κ1) is 20.1. The van der Waals surface area contributed by atoms with E-state index >= 15 is 0 Å². The summed E-state index contributed by atoms with van der Waals surface area (Å²) in [4.78, 5) is 26.9. The standard InChI is InChI=1S/C19H21F3N4O2/c1-12-9-16(27)17(18(28)25-8-4-7-15(25)11-23-2)24-26(12)14-6-3-5-13(10-14)19(20,21)22/h3,5-6,9-10,15,23H,4,7-8,11H2,1-2H3. The molecule has 9 heteroatoms. The van der Waals surface area contributed by atoms with E-state index < -0.39 is 23.1 Å². The molecule has 6 nitrogen and oxygen atoms in total. The van der Waals surface area contributed by atoms with Gasteiger partial charge in [-0.1, -0.05) is 6.07 Å². The maximum atomic E-state index is 13.0. The molecule has 2 aromatic rings. The van der Waals surface area contributed by atoms with Crippen molar-refractivity contribution in [2.24, 2.45) is 0 Å². The average Bonchev–Trinajstić information content (AvgIpc) is 3.09. The number of aromatic nitrogens is 2. The van der Waals surface area contributed by atoms with Crippen molar-refractivity contribution in [1.82, 2.24) is 20.0 Å². The number of likely N-dealkylation sites (tertiary alicyclic amines) is 1. The highest BCUT2D eigenvalue weighted by Crippen LogP contribution is 2.30. The second kappa shape index (κ2) is 7.75. The van der Waals surface area contributed by atoms with E-state index in [-0.39, 0.29) is 17.4 Å². The Labute approximate surface area is 160 Å². The molecule has 0 aliphatic carbocycles. The number of carbonyl (C=O) groups is 1. The summed E-state index contributed by atoms with van der Waals surface area (Å²) < 4.78 is 40.3. The van der Waals surface area contributed by atoms with Gasteiger partial charge >= 0.3 is 6.18 Å². The summed E-state index contributed by atoms with van der Waals surface area (Å²) in [5, 5.41) is 7.15. The second-order valence-corrected chi connectivity index (χ2v) is 6.81. The lowest BCUT2D eigenvalue weighted by Crippen LogP contribution is -2.43. The molecule has 1 N–H and O–H groups in total. The third-order valence-corrected chi connectivity index (χ3v) is 4.81. The van der Waals surface area contributed by atoms with Gasteiger partial charge in [-0.2, -0.15) is 18.3 Å². The molecule has 150 valence electrons. The van der Waals surface area contributed by atoms with E-state index in [1.54, 1.807) is 18.9 Å². The van der Waals surface area contributed by atoms with Crippen LogP contribution < -0.4 is 10.7 Å². The van der Waals surface area contributed by atoms with Crippen LogP contribution in [0.25, 0.3) is 5.69 Å². The molecular weight excluding hydrogens is 373 g/mol. The fourth-order valence-electron chi connectivity index (χ4n) is 3.46. The number of rotatable bonds is 4. The Morgan fingerprint density at radius 2 is 2.07 bits per heavy atom. The van der Waals surface area contributed by atoms with Crippen molar-refractivity contribution in [1.29, 1.82) is 0 Å². The zero-order valence-corrected chi connectivity index (χ0v) is 15.6. The summed E-state index contributed by atoms with van der Waals surface area (Å²) in [6.07, 6.45) is -2.86. The number of hydrogen-bond donors (Lipinski definition) is 1. The number of likely N-dealkylation sites (N-methyl/N-ethyl adjacent to an activating group) is 1. The molecule has 0 saturated carbocycles. The largest absolute Gasteiger partial charge is 0.416 e. The number of benzene rings is 1. The third-order valence-electron chi connectivity index (χ3n) is 4.81. The van der Waals surface area contributed by atoms with Gasteiger partial charge in [-0.3, -0.25) is 9.59 Å². The molecule has 1 atom stereocenters. The number of carbonyl (C=O) groups excluding carboxylic acids is 1. The SMILES string of the molecule is CNCC1CCCN1C(=O)c1nn(-c2cccc(C(F)(F)F)c2)c(C)cc1=O. The monoisotopic (exact) mass is 394 g/mol. The van der Waals surface area contributed by atoms with Gasteiger partial charge in [0.15, 0.2) is 5.69 Å². The zero-order chi connectivity index (χ0) is 20.5. The lowest BCUT2D eigenvalue weighted by Gasteiger charge is -2.24. The van der Waals surface area contributed by atoms with Gasteiger partial charge in [0.05, 0.1) is 11.3 Å². The van der Waals surface area contributed by atoms with Crippen LogP contribution in [-0.4, -0.2) is 46.8 Å². The summed E-state index contributed by atoms with van der Waals surface area (Å²) >= 11 is 0. The molecule has 1 aromatic carbocycles. The Hall–Kier alpha value is -2.68. The third kappa shape index (κ3) is 3.94. The van der Waals surface area contributed by atoms with E-state index in [0.717, 1.165) is 25.0 Å². The number of nitrogens with one attached hydrogen (secondary N) is 1. The maximum Gasteiger partial charge on any atom is 0.416 e. The van der Waals surface area contributed by atoms with Crippen LogP contribution >= 0.6 is 0 Å². The second-order valence-electron chi connectivity index (χ2n) is 6.81.